The van der Waals surface area contributed by atoms with E-state index in [0.29, 0.717) is 0 Å². The lowest BCUT2D eigenvalue weighted by Crippen LogP contribution is -2.13. The third-order valence-corrected chi connectivity index (χ3v) is 2.15. The fourth-order valence-corrected chi connectivity index (χ4v) is 1.47. The minimum Gasteiger partial charge on any atom is -0.385 e. The zero-order valence-corrected chi connectivity index (χ0v) is 8.76. The van der Waals surface area contributed by atoms with Crippen molar-refractivity contribution >= 4 is 0 Å². The summed E-state index contributed by atoms with van der Waals surface area (Å²) in [7, 11) is 0. The third kappa shape index (κ3) is 2.31. The average molecular weight is 177 g/mol. The van der Waals surface area contributed by atoms with E-state index in [0.717, 1.165) is 5.56 Å². The highest BCUT2D eigenvalue weighted by atomic mass is 16.3. The summed E-state index contributed by atoms with van der Waals surface area (Å²) < 4.78 is 0. The molecule has 0 spiro atoms. The Morgan fingerprint density at radius 2 is 1.85 bits per heavy atom. The zero-order valence-electron chi connectivity index (χ0n) is 8.76. The van der Waals surface area contributed by atoms with E-state index in [9.17, 15) is 0 Å². The molecule has 0 aliphatic carbocycles. The Hall–Kier alpha value is -0.820. The van der Waals surface area contributed by atoms with E-state index in [1.165, 1.54) is 17.7 Å². The summed E-state index contributed by atoms with van der Waals surface area (Å²) in [6.45, 7) is 9.65. The van der Waals surface area contributed by atoms with Crippen LogP contribution in [0.5, 0.6) is 0 Å². The van der Waals surface area contributed by atoms with Crippen LogP contribution >= 0.6 is 0 Å². The van der Waals surface area contributed by atoms with E-state index in [1.54, 1.807) is 0 Å². The Balaban J connectivity index is 3.22. The molecule has 0 aromatic heterocycles. The second kappa shape index (κ2) is 3.51. The fourth-order valence-electron chi connectivity index (χ4n) is 1.47. The minimum atomic E-state index is 0.0856. The number of hydrogen-bond donors (Lipinski definition) is 1. The third-order valence-electron chi connectivity index (χ3n) is 2.15. The summed E-state index contributed by atoms with van der Waals surface area (Å²) in [5.41, 5.74) is 3.36. The molecule has 0 atom stereocenters. The maximum absolute atomic E-state index is 9.08. The maximum Gasteiger partial charge on any atom is 0.109 e. The second-order valence-electron chi connectivity index (χ2n) is 4.47. The number of benzene rings is 1. The van der Waals surface area contributed by atoms with Crippen LogP contribution in [0.4, 0.5) is 0 Å². The SMILES string of the molecule is Cc1ccc(C(C)(C)C)c([CH]O)c1. The molecule has 1 nitrogen and oxygen atoms in total. The highest BCUT2D eigenvalue weighted by Crippen LogP contribution is 2.26. The molecule has 0 aliphatic heterocycles. The van der Waals surface area contributed by atoms with Gasteiger partial charge in [-0.2, -0.15) is 0 Å². The normalized spacial score (nSPS) is 11.8. The van der Waals surface area contributed by atoms with Crippen LogP contribution in [0.1, 0.15) is 37.5 Å². The van der Waals surface area contributed by atoms with Crippen molar-refractivity contribution in [2.45, 2.75) is 33.1 Å². The van der Waals surface area contributed by atoms with E-state index >= 15 is 0 Å². The van der Waals surface area contributed by atoms with Gasteiger partial charge in [-0.05, 0) is 23.5 Å². The molecule has 1 radical (unpaired) electrons. The molecule has 0 fully saturated rings. The molecule has 1 aromatic carbocycles. The van der Waals surface area contributed by atoms with Crippen molar-refractivity contribution in [3.05, 3.63) is 41.5 Å². The summed E-state index contributed by atoms with van der Waals surface area (Å²) in [5.74, 6) is 0. The lowest BCUT2D eigenvalue weighted by molar-refractivity contribution is 0.410. The molecule has 0 unspecified atom stereocenters. The Kier molecular flexibility index (Phi) is 2.77. The average Bonchev–Trinajstić information content (AvgIpc) is 2.01. The standard InChI is InChI=1S/C12H17O/c1-9-5-6-11(12(2,3)4)10(7-9)8-13/h5-8,13H,1-4H3. The first-order valence-corrected chi connectivity index (χ1v) is 4.53. The minimum absolute atomic E-state index is 0.0856. The van der Waals surface area contributed by atoms with Gasteiger partial charge in [0.05, 0.1) is 0 Å². The predicted octanol–water partition coefficient (Wildman–Crippen LogP) is 3.17. The van der Waals surface area contributed by atoms with Crippen LogP contribution in [-0.2, 0) is 5.41 Å². The summed E-state index contributed by atoms with van der Waals surface area (Å²) in [6.07, 6.45) is 0. The van der Waals surface area contributed by atoms with Gasteiger partial charge in [-0.15, -0.1) is 0 Å². The molecular weight excluding hydrogens is 160 g/mol. The van der Waals surface area contributed by atoms with Crippen LogP contribution in [0.2, 0.25) is 0 Å². The van der Waals surface area contributed by atoms with Gasteiger partial charge in [-0.25, -0.2) is 0 Å². The first-order valence-electron chi connectivity index (χ1n) is 4.53. The highest BCUT2D eigenvalue weighted by molar-refractivity contribution is 5.38. The molecule has 1 aromatic rings. The van der Waals surface area contributed by atoms with Gasteiger partial charge in [0.2, 0.25) is 0 Å². The largest absolute Gasteiger partial charge is 0.385 e. The van der Waals surface area contributed by atoms with Crippen LogP contribution in [-0.4, -0.2) is 5.11 Å². The van der Waals surface area contributed by atoms with Crippen LogP contribution in [0, 0.1) is 13.5 Å². The maximum atomic E-state index is 9.08. The van der Waals surface area contributed by atoms with Gasteiger partial charge in [0, 0.05) is 0 Å². The Bertz CT molecular complexity index is 294. The van der Waals surface area contributed by atoms with Crippen LogP contribution in [0.25, 0.3) is 0 Å². The molecule has 0 amide bonds. The summed E-state index contributed by atoms with van der Waals surface area (Å²) in [6, 6.07) is 6.16. The zero-order chi connectivity index (χ0) is 10.1. The number of aryl methyl sites for hydroxylation is 1. The molecule has 0 saturated heterocycles. The summed E-state index contributed by atoms with van der Waals surface area (Å²) in [5, 5.41) is 9.08. The van der Waals surface area contributed by atoms with Crippen LogP contribution < -0.4 is 0 Å². The van der Waals surface area contributed by atoms with Crippen LogP contribution in [0.3, 0.4) is 0 Å². The molecule has 1 N–H and O–H groups in total. The lowest BCUT2D eigenvalue weighted by Gasteiger charge is -2.22. The van der Waals surface area contributed by atoms with Crippen molar-refractivity contribution in [3.63, 3.8) is 0 Å². The number of aliphatic hydroxyl groups excluding tert-OH is 1. The van der Waals surface area contributed by atoms with E-state index < -0.39 is 0 Å². The predicted molar refractivity (Wildman–Crippen MR) is 55.2 cm³/mol. The van der Waals surface area contributed by atoms with Crippen molar-refractivity contribution in [3.8, 4) is 0 Å². The highest BCUT2D eigenvalue weighted by Gasteiger charge is 2.17. The molecular formula is C12H17O. The van der Waals surface area contributed by atoms with Gasteiger partial charge in [0.25, 0.3) is 0 Å². The van der Waals surface area contributed by atoms with Crippen molar-refractivity contribution in [1.82, 2.24) is 0 Å². The van der Waals surface area contributed by atoms with Gasteiger partial charge < -0.3 is 5.11 Å². The Morgan fingerprint density at radius 3 is 2.31 bits per heavy atom. The Morgan fingerprint density at radius 1 is 1.23 bits per heavy atom. The van der Waals surface area contributed by atoms with Gasteiger partial charge >= 0.3 is 0 Å². The van der Waals surface area contributed by atoms with Crippen molar-refractivity contribution in [1.29, 1.82) is 0 Å². The van der Waals surface area contributed by atoms with Gasteiger partial charge in [-0.3, -0.25) is 0 Å². The lowest BCUT2D eigenvalue weighted by atomic mass is 9.83. The smallest absolute Gasteiger partial charge is 0.109 e. The quantitative estimate of drug-likeness (QED) is 0.698. The molecule has 0 aliphatic rings. The monoisotopic (exact) mass is 177 g/mol. The second-order valence-corrected chi connectivity index (χ2v) is 4.47. The van der Waals surface area contributed by atoms with Crippen molar-refractivity contribution < 1.29 is 5.11 Å². The fraction of sp³-hybridized carbons (Fsp3) is 0.417. The van der Waals surface area contributed by atoms with E-state index in [-0.39, 0.29) is 5.41 Å². The van der Waals surface area contributed by atoms with Crippen molar-refractivity contribution in [2.24, 2.45) is 0 Å². The Labute approximate surface area is 80.4 Å². The van der Waals surface area contributed by atoms with Crippen LogP contribution in [0.15, 0.2) is 18.2 Å². The van der Waals surface area contributed by atoms with E-state index in [1.807, 2.05) is 13.0 Å². The first-order chi connectivity index (χ1) is 5.95. The topological polar surface area (TPSA) is 20.2 Å². The molecule has 0 saturated carbocycles. The number of hydrogen-bond acceptors (Lipinski definition) is 1. The van der Waals surface area contributed by atoms with Gasteiger partial charge in [0.1, 0.15) is 6.61 Å². The van der Waals surface area contributed by atoms with Gasteiger partial charge in [0.15, 0.2) is 0 Å². The summed E-state index contributed by atoms with van der Waals surface area (Å²) in [4.78, 5) is 0. The summed E-state index contributed by atoms with van der Waals surface area (Å²) >= 11 is 0. The molecule has 0 heterocycles. The number of aliphatic hydroxyl groups is 1. The van der Waals surface area contributed by atoms with Gasteiger partial charge in [-0.1, -0.05) is 44.5 Å². The van der Waals surface area contributed by atoms with E-state index in [2.05, 4.69) is 32.9 Å². The van der Waals surface area contributed by atoms with Crippen molar-refractivity contribution in [2.75, 3.05) is 0 Å². The first kappa shape index (κ1) is 10.3. The number of rotatable bonds is 1. The molecule has 13 heavy (non-hydrogen) atoms. The molecule has 1 rings (SSSR count). The molecule has 1 heteroatoms. The molecule has 71 valence electrons. The molecule has 0 bridgehead atoms. The van der Waals surface area contributed by atoms with E-state index in [4.69, 9.17) is 5.11 Å².